The molecule has 2 aliphatic rings. The van der Waals surface area contributed by atoms with Crippen LogP contribution in [0.15, 0.2) is 18.2 Å². The maximum absolute atomic E-state index is 6.38. The zero-order chi connectivity index (χ0) is 14.0. The van der Waals surface area contributed by atoms with Crippen molar-refractivity contribution in [1.82, 2.24) is 5.32 Å². The van der Waals surface area contributed by atoms with Crippen LogP contribution in [0.4, 0.5) is 0 Å². The average Bonchev–Trinajstić information content (AvgIpc) is 2.92. The molecule has 0 radical (unpaired) electrons. The number of rotatable bonds is 4. The Kier molecular flexibility index (Phi) is 3.88. The third kappa shape index (κ3) is 2.51. The molecule has 3 nitrogen and oxygen atoms in total. The minimum atomic E-state index is 0.0759. The van der Waals surface area contributed by atoms with Gasteiger partial charge in [-0.1, -0.05) is 6.92 Å². The van der Waals surface area contributed by atoms with Crippen molar-refractivity contribution >= 4 is 0 Å². The third-order valence-corrected chi connectivity index (χ3v) is 4.60. The van der Waals surface area contributed by atoms with Crippen molar-refractivity contribution in [2.24, 2.45) is 0 Å². The van der Waals surface area contributed by atoms with Crippen molar-refractivity contribution in [1.29, 1.82) is 0 Å². The molecule has 1 N–H and O–H groups in total. The SMILES string of the molecule is CCCOc1ccc2c(c1)C(NC)CC1(CCCC1)O2. The molecular weight excluding hydrogens is 250 g/mol. The van der Waals surface area contributed by atoms with Crippen molar-refractivity contribution in [2.45, 2.75) is 57.1 Å². The number of fused-ring (bicyclic) bond motifs is 1. The molecule has 1 aromatic carbocycles. The molecular formula is C17H25NO2. The fraction of sp³-hybridized carbons (Fsp3) is 0.647. The summed E-state index contributed by atoms with van der Waals surface area (Å²) in [6.45, 7) is 2.90. The van der Waals surface area contributed by atoms with Gasteiger partial charge in [-0.2, -0.15) is 0 Å². The largest absolute Gasteiger partial charge is 0.494 e. The molecule has 3 rings (SSSR count). The number of benzene rings is 1. The quantitative estimate of drug-likeness (QED) is 0.906. The number of nitrogens with one attached hydrogen (secondary N) is 1. The van der Waals surface area contributed by atoms with Gasteiger partial charge in [0.15, 0.2) is 0 Å². The second-order valence-electron chi connectivity index (χ2n) is 6.09. The van der Waals surface area contributed by atoms with Crippen LogP contribution in [0.2, 0.25) is 0 Å². The fourth-order valence-electron chi connectivity index (χ4n) is 3.54. The summed E-state index contributed by atoms with van der Waals surface area (Å²) in [5.74, 6) is 2.00. The molecule has 0 amide bonds. The van der Waals surface area contributed by atoms with Crippen LogP contribution in [0.5, 0.6) is 11.5 Å². The smallest absolute Gasteiger partial charge is 0.125 e. The van der Waals surface area contributed by atoms with Crippen molar-refractivity contribution < 1.29 is 9.47 Å². The van der Waals surface area contributed by atoms with Crippen LogP contribution in [-0.4, -0.2) is 19.3 Å². The molecule has 110 valence electrons. The lowest BCUT2D eigenvalue weighted by molar-refractivity contribution is 0.0378. The molecule has 3 heteroatoms. The Bertz CT molecular complexity index is 466. The Hall–Kier alpha value is -1.22. The summed E-state index contributed by atoms with van der Waals surface area (Å²) < 4.78 is 12.1. The van der Waals surface area contributed by atoms with Gasteiger partial charge >= 0.3 is 0 Å². The van der Waals surface area contributed by atoms with Crippen LogP contribution in [0.3, 0.4) is 0 Å². The minimum absolute atomic E-state index is 0.0759. The summed E-state index contributed by atoms with van der Waals surface area (Å²) in [6, 6.07) is 6.65. The van der Waals surface area contributed by atoms with E-state index in [9.17, 15) is 0 Å². The Morgan fingerprint density at radius 2 is 2.15 bits per heavy atom. The zero-order valence-electron chi connectivity index (χ0n) is 12.6. The predicted octanol–water partition coefficient (Wildman–Crippen LogP) is 3.83. The highest BCUT2D eigenvalue weighted by molar-refractivity contribution is 5.44. The van der Waals surface area contributed by atoms with Gasteiger partial charge in [0.2, 0.25) is 0 Å². The van der Waals surface area contributed by atoms with Crippen molar-refractivity contribution in [3.05, 3.63) is 23.8 Å². The van der Waals surface area contributed by atoms with Crippen LogP contribution in [0.1, 0.15) is 57.1 Å². The summed E-state index contributed by atoms with van der Waals surface area (Å²) in [5, 5.41) is 3.46. The van der Waals surface area contributed by atoms with E-state index in [0.717, 1.165) is 30.9 Å². The van der Waals surface area contributed by atoms with Crippen LogP contribution >= 0.6 is 0 Å². The zero-order valence-corrected chi connectivity index (χ0v) is 12.6. The van der Waals surface area contributed by atoms with Crippen molar-refractivity contribution in [2.75, 3.05) is 13.7 Å². The minimum Gasteiger partial charge on any atom is -0.494 e. The van der Waals surface area contributed by atoms with E-state index in [1.165, 1.54) is 31.2 Å². The molecule has 0 bridgehead atoms. The Labute approximate surface area is 121 Å². The predicted molar refractivity (Wildman–Crippen MR) is 80.5 cm³/mol. The molecule has 1 atom stereocenters. The Morgan fingerprint density at radius 3 is 2.85 bits per heavy atom. The number of ether oxygens (including phenoxy) is 2. The summed E-state index contributed by atoms with van der Waals surface area (Å²) in [7, 11) is 2.04. The molecule has 20 heavy (non-hydrogen) atoms. The number of hydrogen-bond donors (Lipinski definition) is 1. The lowest BCUT2D eigenvalue weighted by Crippen LogP contribution is -2.41. The first-order valence-electron chi connectivity index (χ1n) is 7.89. The van der Waals surface area contributed by atoms with Crippen LogP contribution in [0.25, 0.3) is 0 Å². The highest BCUT2D eigenvalue weighted by atomic mass is 16.5. The van der Waals surface area contributed by atoms with Gasteiger partial charge < -0.3 is 14.8 Å². The van der Waals surface area contributed by atoms with Gasteiger partial charge in [-0.25, -0.2) is 0 Å². The second kappa shape index (κ2) is 5.65. The molecule has 1 unspecified atom stereocenters. The Balaban J connectivity index is 1.87. The average molecular weight is 275 g/mol. The molecule has 1 heterocycles. The molecule has 1 fully saturated rings. The highest BCUT2D eigenvalue weighted by Gasteiger charge is 2.42. The van der Waals surface area contributed by atoms with Gasteiger partial charge in [0.1, 0.15) is 17.1 Å². The van der Waals surface area contributed by atoms with E-state index in [0.29, 0.717) is 6.04 Å². The van der Waals surface area contributed by atoms with E-state index in [4.69, 9.17) is 9.47 Å². The second-order valence-corrected chi connectivity index (χ2v) is 6.09. The van der Waals surface area contributed by atoms with E-state index < -0.39 is 0 Å². The lowest BCUT2D eigenvalue weighted by atomic mass is 9.86. The summed E-state index contributed by atoms with van der Waals surface area (Å²) in [6.07, 6.45) is 7.09. The normalized spacial score (nSPS) is 23.4. The van der Waals surface area contributed by atoms with Crippen LogP contribution in [0, 0.1) is 0 Å². The maximum Gasteiger partial charge on any atom is 0.125 e. The Morgan fingerprint density at radius 1 is 1.35 bits per heavy atom. The van der Waals surface area contributed by atoms with E-state index in [2.05, 4.69) is 24.4 Å². The van der Waals surface area contributed by atoms with Gasteiger partial charge in [0.05, 0.1) is 6.61 Å². The first-order chi connectivity index (χ1) is 9.76. The molecule has 1 aromatic rings. The molecule has 1 spiro atoms. The van der Waals surface area contributed by atoms with Gasteiger partial charge in [-0.05, 0) is 57.4 Å². The monoisotopic (exact) mass is 275 g/mol. The van der Waals surface area contributed by atoms with E-state index >= 15 is 0 Å². The molecule has 1 aliphatic heterocycles. The van der Waals surface area contributed by atoms with Gasteiger partial charge in [-0.3, -0.25) is 0 Å². The lowest BCUT2D eigenvalue weighted by Gasteiger charge is -2.40. The van der Waals surface area contributed by atoms with E-state index in [-0.39, 0.29) is 5.60 Å². The maximum atomic E-state index is 6.38. The van der Waals surface area contributed by atoms with E-state index in [1.807, 2.05) is 13.1 Å². The first kappa shape index (κ1) is 13.7. The number of hydrogen-bond acceptors (Lipinski definition) is 3. The molecule has 0 aromatic heterocycles. The van der Waals surface area contributed by atoms with Crippen LogP contribution in [-0.2, 0) is 0 Å². The summed E-state index contributed by atoms with van der Waals surface area (Å²) >= 11 is 0. The van der Waals surface area contributed by atoms with Gasteiger partial charge in [0, 0.05) is 18.0 Å². The highest BCUT2D eigenvalue weighted by Crippen LogP contribution is 2.47. The van der Waals surface area contributed by atoms with Crippen molar-refractivity contribution in [3.63, 3.8) is 0 Å². The van der Waals surface area contributed by atoms with Crippen LogP contribution < -0.4 is 14.8 Å². The molecule has 0 saturated heterocycles. The topological polar surface area (TPSA) is 30.5 Å². The summed E-state index contributed by atoms with van der Waals surface area (Å²) in [5.41, 5.74) is 1.32. The molecule has 1 saturated carbocycles. The standard InChI is InChI=1S/C17H25NO2/c1-3-10-19-13-6-7-16-14(11-13)15(18-2)12-17(20-16)8-4-5-9-17/h6-7,11,15,18H,3-5,8-10,12H2,1-2H3. The first-order valence-corrected chi connectivity index (χ1v) is 7.89. The fourth-order valence-corrected chi connectivity index (χ4v) is 3.54. The van der Waals surface area contributed by atoms with E-state index in [1.54, 1.807) is 0 Å². The third-order valence-electron chi connectivity index (χ3n) is 4.60. The van der Waals surface area contributed by atoms with Gasteiger partial charge in [-0.15, -0.1) is 0 Å². The molecule has 1 aliphatic carbocycles. The van der Waals surface area contributed by atoms with Crippen molar-refractivity contribution in [3.8, 4) is 11.5 Å². The summed E-state index contributed by atoms with van der Waals surface area (Å²) in [4.78, 5) is 0. The van der Waals surface area contributed by atoms with Gasteiger partial charge in [0.25, 0.3) is 0 Å².